The zero-order chi connectivity index (χ0) is 18.7. The Labute approximate surface area is 154 Å². The van der Waals surface area contributed by atoms with E-state index < -0.39 is 5.97 Å². The first kappa shape index (κ1) is 17.9. The number of fused-ring (bicyclic) bond motifs is 1. The molecule has 0 aliphatic rings. The van der Waals surface area contributed by atoms with Gasteiger partial charge in [-0.25, -0.2) is 4.79 Å². The topological polar surface area (TPSA) is 93.5 Å². The van der Waals surface area contributed by atoms with E-state index in [-0.39, 0.29) is 12.5 Å². The Balaban J connectivity index is 1.52. The van der Waals surface area contributed by atoms with Gasteiger partial charge in [0.25, 0.3) is 5.91 Å². The predicted molar refractivity (Wildman–Crippen MR) is 98.9 cm³/mol. The molecule has 2 heterocycles. The Morgan fingerprint density at radius 2 is 2.04 bits per heavy atom. The van der Waals surface area contributed by atoms with Crippen molar-refractivity contribution in [3.05, 3.63) is 46.5 Å². The van der Waals surface area contributed by atoms with Crippen molar-refractivity contribution in [1.29, 1.82) is 0 Å². The van der Waals surface area contributed by atoms with Crippen molar-refractivity contribution < 1.29 is 19.4 Å². The Morgan fingerprint density at radius 1 is 1.31 bits per heavy atom. The molecule has 0 aliphatic carbocycles. The third-order valence-corrected chi connectivity index (χ3v) is 5.11. The van der Waals surface area contributed by atoms with Crippen LogP contribution in [0, 0.1) is 6.92 Å². The van der Waals surface area contributed by atoms with Gasteiger partial charge in [-0.2, -0.15) is 5.10 Å². The Bertz CT molecular complexity index is 909. The number of amides is 1. The molecule has 3 aromatic rings. The fourth-order valence-corrected chi connectivity index (χ4v) is 3.66. The summed E-state index contributed by atoms with van der Waals surface area (Å²) in [4.78, 5) is 24.5. The molecule has 3 rings (SSSR count). The molecule has 0 aliphatic heterocycles. The molecule has 0 saturated heterocycles. The van der Waals surface area contributed by atoms with Gasteiger partial charge in [-0.05, 0) is 37.1 Å². The average molecular weight is 373 g/mol. The monoisotopic (exact) mass is 373 g/mol. The molecular formula is C18H19N3O4S. The molecule has 2 aromatic heterocycles. The summed E-state index contributed by atoms with van der Waals surface area (Å²) in [7, 11) is 1.87. The average Bonchev–Trinajstić information content (AvgIpc) is 3.16. The summed E-state index contributed by atoms with van der Waals surface area (Å²) in [6, 6.07) is 9.05. The summed E-state index contributed by atoms with van der Waals surface area (Å²) < 4.78 is 6.88. The van der Waals surface area contributed by atoms with Gasteiger partial charge in [0, 0.05) is 19.0 Å². The minimum Gasteiger partial charge on any atom is -0.482 e. The second kappa shape index (κ2) is 7.57. The van der Waals surface area contributed by atoms with Crippen molar-refractivity contribution in [2.24, 2.45) is 7.05 Å². The molecule has 1 aromatic carbocycles. The number of carbonyl (C=O) groups excluding carboxylic acids is 1. The second-order valence-corrected chi connectivity index (χ2v) is 6.90. The summed E-state index contributed by atoms with van der Waals surface area (Å²) in [5.41, 5.74) is 1.95. The number of carboxylic acids is 1. The molecule has 1 amide bonds. The lowest BCUT2D eigenvalue weighted by Gasteiger charge is -2.06. The molecule has 26 heavy (non-hydrogen) atoms. The fourth-order valence-electron chi connectivity index (χ4n) is 2.62. The maximum Gasteiger partial charge on any atom is 0.341 e. The van der Waals surface area contributed by atoms with E-state index in [9.17, 15) is 9.59 Å². The van der Waals surface area contributed by atoms with E-state index in [2.05, 4.69) is 10.4 Å². The number of hydrogen-bond acceptors (Lipinski definition) is 5. The zero-order valence-electron chi connectivity index (χ0n) is 14.5. The summed E-state index contributed by atoms with van der Waals surface area (Å²) in [5.74, 6) is -0.592. The highest BCUT2D eigenvalue weighted by molar-refractivity contribution is 7.20. The van der Waals surface area contributed by atoms with E-state index in [1.165, 1.54) is 11.3 Å². The maximum absolute atomic E-state index is 12.3. The molecule has 7 nitrogen and oxygen atoms in total. The number of benzene rings is 1. The summed E-state index contributed by atoms with van der Waals surface area (Å²) in [5, 5.41) is 16.9. The lowest BCUT2D eigenvalue weighted by Crippen LogP contribution is -2.24. The maximum atomic E-state index is 12.3. The Kier molecular flexibility index (Phi) is 5.22. The van der Waals surface area contributed by atoms with Crippen molar-refractivity contribution in [3.8, 4) is 5.75 Å². The number of nitrogens with one attached hydrogen (secondary N) is 1. The first-order valence-corrected chi connectivity index (χ1v) is 8.90. The number of rotatable bonds is 7. The van der Waals surface area contributed by atoms with Gasteiger partial charge >= 0.3 is 5.97 Å². The van der Waals surface area contributed by atoms with Crippen molar-refractivity contribution in [3.63, 3.8) is 0 Å². The largest absolute Gasteiger partial charge is 0.482 e. The van der Waals surface area contributed by atoms with E-state index in [0.717, 1.165) is 21.5 Å². The van der Waals surface area contributed by atoms with Gasteiger partial charge in [0.2, 0.25) is 0 Å². The lowest BCUT2D eigenvalue weighted by atomic mass is 10.1. The fraction of sp³-hybridized carbons (Fsp3) is 0.278. The first-order valence-electron chi connectivity index (χ1n) is 8.09. The summed E-state index contributed by atoms with van der Waals surface area (Å²) >= 11 is 1.43. The smallest absolute Gasteiger partial charge is 0.341 e. The van der Waals surface area contributed by atoms with Gasteiger partial charge in [0.05, 0.1) is 10.6 Å². The van der Waals surface area contributed by atoms with Crippen LogP contribution in [0.3, 0.4) is 0 Å². The summed E-state index contributed by atoms with van der Waals surface area (Å²) in [6.45, 7) is 2.08. The number of ether oxygens (including phenoxy) is 1. The van der Waals surface area contributed by atoms with Crippen molar-refractivity contribution in [2.45, 2.75) is 13.3 Å². The van der Waals surface area contributed by atoms with Crippen LogP contribution in [0.5, 0.6) is 5.75 Å². The van der Waals surface area contributed by atoms with E-state index >= 15 is 0 Å². The second-order valence-electron chi connectivity index (χ2n) is 5.87. The molecule has 0 radical (unpaired) electrons. The SMILES string of the molecule is Cc1nn(C)c2sc(C(=O)NCCc3ccc(OCC(=O)O)cc3)cc12. The molecule has 0 atom stereocenters. The third-order valence-electron chi connectivity index (χ3n) is 3.90. The van der Waals surface area contributed by atoms with Gasteiger partial charge in [0.1, 0.15) is 10.6 Å². The van der Waals surface area contributed by atoms with Crippen LogP contribution in [-0.2, 0) is 18.3 Å². The van der Waals surface area contributed by atoms with Gasteiger partial charge in [-0.15, -0.1) is 11.3 Å². The number of hydrogen-bond donors (Lipinski definition) is 2. The number of aliphatic carboxylic acids is 1. The van der Waals surface area contributed by atoms with E-state index in [1.807, 2.05) is 32.2 Å². The third kappa shape index (κ3) is 4.02. The molecule has 2 N–H and O–H groups in total. The van der Waals surface area contributed by atoms with Crippen LogP contribution in [0.4, 0.5) is 0 Å². The lowest BCUT2D eigenvalue weighted by molar-refractivity contribution is -0.139. The molecule has 8 heteroatoms. The molecule has 0 unspecified atom stereocenters. The van der Waals surface area contributed by atoms with Crippen molar-refractivity contribution in [1.82, 2.24) is 15.1 Å². The minimum absolute atomic E-state index is 0.0907. The van der Waals surface area contributed by atoms with Gasteiger partial charge < -0.3 is 15.2 Å². The molecule has 0 spiro atoms. The van der Waals surface area contributed by atoms with Crippen LogP contribution in [0.25, 0.3) is 10.2 Å². The normalized spacial score (nSPS) is 10.8. The van der Waals surface area contributed by atoms with Gasteiger partial charge in [-0.3, -0.25) is 9.48 Å². The molecular weight excluding hydrogens is 354 g/mol. The van der Waals surface area contributed by atoms with E-state index in [1.54, 1.807) is 16.8 Å². The van der Waals surface area contributed by atoms with Crippen molar-refractivity contribution >= 4 is 33.4 Å². The van der Waals surface area contributed by atoms with Gasteiger partial charge in [-0.1, -0.05) is 12.1 Å². The Morgan fingerprint density at radius 3 is 2.69 bits per heavy atom. The van der Waals surface area contributed by atoms with Crippen LogP contribution in [-0.4, -0.2) is 39.9 Å². The molecule has 0 bridgehead atoms. The van der Waals surface area contributed by atoms with Crippen molar-refractivity contribution in [2.75, 3.05) is 13.2 Å². The predicted octanol–water partition coefficient (Wildman–Crippen LogP) is 2.38. The number of carboxylic acid groups (broad SMARTS) is 1. The summed E-state index contributed by atoms with van der Waals surface area (Å²) in [6.07, 6.45) is 0.677. The number of aryl methyl sites for hydroxylation is 2. The van der Waals surface area contributed by atoms with E-state index in [4.69, 9.17) is 9.84 Å². The number of nitrogens with zero attached hydrogens (tertiary/aromatic N) is 2. The quantitative estimate of drug-likeness (QED) is 0.663. The molecule has 0 saturated carbocycles. The van der Waals surface area contributed by atoms with Crippen LogP contribution >= 0.6 is 11.3 Å². The highest BCUT2D eigenvalue weighted by Gasteiger charge is 2.14. The van der Waals surface area contributed by atoms with Gasteiger partial charge in [0.15, 0.2) is 6.61 Å². The van der Waals surface area contributed by atoms with E-state index in [0.29, 0.717) is 23.6 Å². The highest BCUT2D eigenvalue weighted by Crippen LogP contribution is 2.27. The Hall–Kier alpha value is -2.87. The minimum atomic E-state index is -1.01. The highest BCUT2D eigenvalue weighted by atomic mass is 32.1. The van der Waals surface area contributed by atoms with Crippen LogP contribution in [0.2, 0.25) is 0 Å². The van der Waals surface area contributed by atoms with Crippen LogP contribution < -0.4 is 10.1 Å². The number of thiophene rings is 1. The van der Waals surface area contributed by atoms with Crippen LogP contribution in [0.1, 0.15) is 20.9 Å². The van der Waals surface area contributed by atoms with Crippen LogP contribution in [0.15, 0.2) is 30.3 Å². The first-order chi connectivity index (χ1) is 12.4. The zero-order valence-corrected chi connectivity index (χ0v) is 15.3. The number of aromatic nitrogens is 2. The number of carbonyl (C=O) groups is 2. The molecule has 136 valence electrons. The molecule has 0 fully saturated rings. The standard InChI is InChI=1S/C18H19N3O4S/c1-11-14-9-15(26-18(14)21(2)20-11)17(24)19-8-7-12-3-5-13(6-4-12)25-10-16(22)23/h3-6,9H,7-8,10H2,1-2H3,(H,19,24)(H,22,23).